The molecule has 6 heteroatoms. The van der Waals surface area contributed by atoms with Crippen LogP contribution in [0.15, 0.2) is 42.5 Å². The quantitative estimate of drug-likeness (QED) is 0.799. The third kappa shape index (κ3) is 2.60. The van der Waals surface area contributed by atoms with Crippen molar-refractivity contribution in [3.05, 3.63) is 53.6 Å². The van der Waals surface area contributed by atoms with Gasteiger partial charge in [-0.2, -0.15) is 0 Å². The summed E-state index contributed by atoms with van der Waals surface area (Å²) in [7, 11) is 0. The molecule has 2 aromatic carbocycles. The first kappa shape index (κ1) is 14.7. The summed E-state index contributed by atoms with van der Waals surface area (Å²) in [6.07, 6.45) is 0.802. The number of benzene rings is 2. The number of aromatic nitrogens is 3. The van der Waals surface area contributed by atoms with Crippen LogP contribution in [0.5, 0.6) is 5.75 Å². The van der Waals surface area contributed by atoms with E-state index in [1.807, 2.05) is 31.2 Å². The number of nitrogens with zero attached hydrogens (tertiary/aromatic N) is 3. The third-order valence-corrected chi connectivity index (χ3v) is 4.28. The summed E-state index contributed by atoms with van der Waals surface area (Å²) in [4.78, 5) is 12.4. The van der Waals surface area contributed by atoms with Gasteiger partial charge < -0.3 is 10.1 Å². The van der Waals surface area contributed by atoms with Crippen molar-refractivity contribution in [2.45, 2.75) is 26.0 Å². The fraction of sp³-hybridized carbons (Fsp3) is 0.278. The fourth-order valence-electron chi connectivity index (χ4n) is 3.02. The number of ether oxygens (including phenoxy) is 1. The molecule has 1 atom stereocenters. The second-order valence-electron chi connectivity index (χ2n) is 5.87. The van der Waals surface area contributed by atoms with Gasteiger partial charge in [0.25, 0.3) is 5.91 Å². The summed E-state index contributed by atoms with van der Waals surface area (Å²) in [5.74, 6) is 0.789. The van der Waals surface area contributed by atoms with Crippen LogP contribution in [0.2, 0.25) is 0 Å². The smallest absolute Gasteiger partial charge is 0.251 e. The van der Waals surface area contributed by atoms with Crippen molar-refractivity contribution in [1.29, 1.82) is 0 Å². The van der Waals surface area contributed by atoms with Crippen molar-refractivity contribution in [3.63, 3.8) is 0 Å². The van der Waals surface area contributed by atoms with Crippen LogP contribution in [0.3, 0.4) is 0 Å². The van der Waals surface area contributed by atoms with Crippen LogP contribution in [0, 0.1) is 0 Å². The van der Waals surface area contributed by atoms with Gasteiger partial charge in [0.1, 0.15) is 17.4 Å². The predicted octanol–water partition coefficient (Wildman–Crippen LogP) is 2.18. The van der Waals surface area contributed by atoms with E-state index in [9.17, 15) is 4.79 Å². The number of para-hydroxylation sites is 1. The molecular weight excluding hydrogens is 304 g/mol. The number of nitrogens with one attached hydrogen (secondary N) is 1. The van der Waals surface area contributed by atoms with Crippen molar-refractivity contribution in [2.24, 2.45) is 0 Å². The van der Waals surface area contributed by atoms with Gasteiger partial charge in [-0.25, -0.2) is 4.68 Å². The summed E-state index contributed by atoms with van der Waals surface area (Å²) in [5, 5.41) is 11.1. The predicted molar refractivity (Wildman–Crippen MR) is 90.1 cm³/mol. The molecule has 0 spiro atoms. The second-order valence-corrected chi connectivity index (χ2v) is 5.87. The minimum Gasteiger partial charge on any atom is -0.488 e. The zero-order valence-corrected chi connectivity index (χ0v) is 13.4. The summed E-state index contributed by atoms with van der Waals surface area (Å²) in [6, 6.07) is 13.4. The number of fused-ring (bicyclic) bond motifs is 2. The largest absolute Gasteiger partial charge is 0.488 e. The standard InChI is InChI=1S/C18H18N4O2/c1-2-22-16-8-7-13(10-15(16)20-21-22)18(23)19-11-14-9-12-5-3-4-6-17(12)24-14/h3-8,10,14H,2,9,11H2,1H3,(H,19,23). The van der Waals surface area contributed by atoms with Gasteiger partial charge in [-0.15, -0.1) is 5.10 Å². The summed E-state index contributed by atoms with van der Waals surface area (Å²) in [6.45, 7) is 3.24. The maximum atomic E-state index is 12.4. The Morgan fingerprint density at radius 3 is 3.04 bits per heavy atom. The van der Waals surface area contributed by atoms with Crippen molar-refractivity contribution in [3.8, 4) is 5.75 Å². The number of hydrogen-bond donors (Lipinski definition) is 1. The molecule has 3 aromatic rings. The Hall–Kier alpha value is -2.89. The lowest BCUT2D eigenvalue weighted by atomic mass is 10.1. The average molecular weight is 322 g/mol. The number of hydrogen-bond acceptors (Lipinski definition) is 4. The first-order chi connectivity index (χ1) is 11.7. The van der Waals surface area contributed by atoms with Crippen LogP contribution in [0.1, 0.15) is 22.8 Å². The Morgan fingerprint density at radius 2 is 2.21 bits per heavy atom. The molecule has 0 radical (unpaired) electrons. The van der Waals surface area contributed by atoms with E-state index in [1.54, 1.807) is 16.8 Å². The van der Waals surface area contributed by atoms with Crippen molar-refractivity contribution in [1.82, 2.24) is 20.3 Å². The highest BCUT2D eigenvalue weighted by Gasteiger charge is 2.22. The van der Waals surface area contributed by atoms with Gasteiger partial charge in [-0.05, 0) is 36.8 Å². The monoisotopic (exact) mass is 322 g/mol. The third-order valence-electron chi connectivity index (χ3n) is 4.28. The molecule has 1 aromatic heterocycles. The molecule has 1 amide bonds. The molecule has 0 aliphatic carbocycles. The number of rotatable bonds is 4. The molecule has 6 nitrogen and oxygen atoms in total. The highest BCUT2D eigenvalue weighted by molar-refractivity contribution is 5.97. The maximum Gasteiger partial charge on any atom is 0.251 e. The molecule has 0 fully saturated rings. The zero-order chi connectivity index (χ0) is 16.5. The molecule has 4 rings (SSSR count). The van der Waals surface area contributed by atoms with E-state index in [2.05, 4.69) is 21.7 Å². The number of carbonyl (C=O) groups is 1. The van der Waals surface area contributed by atoms with Crippen LogP contribution in [0.4, 0.5) is 0 Å². The van der Waals surface area contributed by atoms with Gasteiger partial charge in [0.2, 0.25) is 0 Å². The first-order valence-electron chi connectivity index (χ1n) is 8.10. The van der Waals surface area contributed by atoms with Gasteiger partial charge >= 0.3 is 0 Å². The van der Waals surface area contributed by atoms with Gasteiger partial charge in [0.15, 0.2) is 0 Å². The first-order valence-corrected chi connectivity index (χ1v) is 8.10. The highest BCUT2D eigenvalue weighted by Crippen LogP contribution is 2.27. The number of amides is 1. The Labute approximate surface area is 139 Å². The summed E-state index contributed by atoms with van der Waals surface area (Å²) in [5.41, 5.74) is 3.44. The molecule has 0 saturated heterocycles. The van der Waals surface area contributed by atoms with Crippen LogP contribution in [0.25, 0.3) is 11.0 Å². The van der Waals surface area contributed by atoms with E-state index in [4.69, 9.17) is 4.74 Å². The van der Waals surface area contributed by atoms with E-state index in [0.29, 0.717) is 12.1 Å². The van der Waals surface area contributed by atoms with Gasteiger partial charge in [-0.1, -0.05) is 23.4 Å². The molecule has 1 N–H and O–H groups in total. The van der Waals surface area contributed by atoms with E-state index >= 15 is 0 Å². The molecule has 1 aliphatic rings. The van der Waals surface area contributed by atoms with Gasteiger partial charge in [0.05, 0.1) is 12.1 Å². The van der Waals surface area contributed by atoms with Crippen molar-refractivity contribution < 1.29 is 9.53 Å². The Bertz CT molecular complexity index is 878. The Kier molecular flexibility index (Phi) is 3.65. The average Bonchev–Trinajstić information content (AvgIpc) is 3.22. The summed E-state index contributed by atoms with van der Waals surface area (Å²) < 4.78 is 7.65. The molecule has 2 heterocycles. The van der Waals surface area contributed by atoms with Crippen LogP contribution >= 0.6 is 0 Å². The van der Waals surface area contributed by atoms with Crippen LogP contribution in [-0.4, -0.2) is 33.5 Å². The van der Waals surface area contributed by atoms with Crippen LogP contribution in [-0.2, 0) is 13.0 Å². The topological polar surface area (TPSA) is 69.0 Å². The minimum atomic E-state index is -0.123. The van der Waals surface area contributed by atoms with E-state index in [1.165, 1.54) is 5.56 Å². The van der Waals surface area contributed by atoms with E-state index < -0.39 is 0 Å². The Morgan fingerprint density at radius 1 is 1.33 bits per heavy atom. The maximum absolute atomic E-state index is 12.4. The molecule has 0 bridgehead atoms. The van der Waals surface area contributed by atoms with E-state index in [-0.39, 0.29) is 12.0 Å². The lowest BCUT2D eigenvalue weighted by molar-refractivity contribution is 0.0933. The van der Waals surface area contributed by atoms with Gasteiger partial charge in [0, 0.05) is 18.5 Å². The van der Waals surface area contributed by atoms with Gasteiger partial charge in [-0.3, -0.25) is 4.79 Å². The van der Waals surface area contributed by atoms with Crippen molar-refractivity contribution >= 4 is 16.9 Å². The number of carbonyl (C=O) groups excluding carboxylic acids is 1. The van der Waals surface area contributed by atoms with E-state index in [0.717, 1.165) is 29.7 Å². The number of aryl methyl sites for hydroxylation is 1. The lowest BCUT2D eigenvalue weighted by Crippen LogP contribution is -2.34. The molecule has 24 heavy (non-hydrogen) atoms. The second kappa shape index (κ2) is 5.96. The Balaban J connectivity index is 1.42. The van der Waals surface area contributed by atoms with Crippen molar-refractivity contribution in [2.75, 3.05) is 6.54 Å². The molecule has 122 valence electrons. The van der Waals surface area contributed by atoms with Crippen LogP contribution < -0.4 is 10.1 Å². The zero-order valence-electron chi connectivity index (χ0n) is 13.4. The molecule has 1 unspecified atom stereocenters. The normalized spacial score (nSPS) is 16.0. The fourth-order valence-corrected chi connectivity index (χ4v) is 3.02. The SMILES string of the molecule is CCn1nnc2cc(C(=O)NCC3Cc4ccccc4O3)ccc21. The minimum absolute atomic E-state index is 0.0175. The lowest BCUT2D eigenvalue weighted by Gasteiger charge is -2.12. The molecule has 0 saturated carbocycles. The molecular formula is C18H18N4O2. The molecule has 1 aliphatic heterocycles. The highest BCUT2D eigenvalue weighted by atomic mass is 16.5. The summed E-state index contributed by atoms with van der Waals surface area (Å²) >= 11 is 0.